The molecule has 0 unspecified atom stereocenters. The minimum absolute atomic E-state index is 0.828. The summed E-state index contributed by atoms with van der Waals surface area (Å²) in [5, 5.41) is 0. The van der Waals surface area contributed by atoms with Crippen LogP contribution in [-0.4, -0.2) is 9.97 Å². The predicted octanol–water partition coefficient (Wildman–Crippen LogP) is 1.66. The highest BCUT2D eigenvalue weighted by Gasteiger charge is 1.88. The van der Waals surface area contributed by atoms with Crippen LogP contribution in [0, 0.1) is 3.70 Å². The molecule has 1 aromatic rings. The molecule has 42 valence electrons. The second kappa shape index (κ2) is 2.30. The standard InChI is InChI=1S/C5H5IN2/c1-2-5-7-3-4(6)8-5/h2-3H,1H2,(H,7,8). The van der Waals surface area contributed by atoms with Crippen LogP contribution in [0.5, 0.6) is 0 Å². The Kier molecular flexibility index (Phi) is 1.67. The van der Waals surface area contributed by atoms with E-state index in [4.69, 9.17) is 0 Å². The van der Waals surface area contributed by atoms with E-state index in [1.807, 2.05) is 6.20 Å². The van der Waals surface area contributed by atoms with Gasteiger partial charge in [0.2, 0.25) is 0 Å². The minimum atomic E-state index is 0.828. The van der Waals surface area contributed by atoms with Crippen molar-refractivity contribution in [2.45, 2.75) is 0 Å². The number of nitrogens with zero attached hydrogens (tertiary/aromatic N) is 1. The number of imidazole rings is 1. The van der Waals surface area contributed by atoms with Gasteiger partial charge in [-0.25, -0.2) is 4.98 Å². The molecule has 1 N–H and O–H groups in total. The molecule has 1 heterocycles. The summed E-state index contributed by atoms with van der Waals surface area (Å²) < 4.78 is 0.970. The Morgan fingerprint density at radius 3 is 2.88 bits per heavy atom. The number of hydrogen-bond donors (Lipinski definition) is 1. The molecule has 0 aliphatic rings. The van der Waals surface area contributed by atoms with Crippen LogP contribution in [0.25, 0.3) is 6.08 Å². The van der Waals surface area contributed by atoms with Gasteiger partial charge in [-0.1, -0.05) is 6.58 Å². The van der Waals surface area contributed by atoms with Gasteiger partial charge in [0.1, 0.15) is 9.53 Å². The maximum absolute atomic E-state index is 4.04. The average molecular weight is 220 g/mol. The molecule has 0 aliphatic heterocycles. The summed E-state index contributed by atoms with van der Waals surface area (Å²) in [5.74, 6) is 0.828. The molecule has 0 spiro atoms. The molecule has 0 atom stereocenters. The lowest BCUT2D eigenvalue weighted by molar-refractivity contribution is 1.25. The molecule has 1 aromatic heterocycles. The fourth-order valence-electron chi connectivity index (χ4n) is 0.418. The van der Waals surface area contributed by atoms with Gasteiger partial charge in [-0.05, 0) is 28.7 Å². The second-order valence-corrected chi connectivity index (χ2v) is 2.42. The van der Waals surface area contributed by atoms with Crippen molar-refractivity contribution in [2.24, 2.45) is 0 Å². The van der Waals surface area contributed by atoms with Crippen LogP contribution in [0.4, 0.5) is 0 Å². The summed E-state index contributed by atoms with van der Waals surface area (Å²) in [6.45, 7) is 3.55. The van der Waals surface area contributed by atoms with Crippen LogP contribution < -0.4 is 0 Å². The number of H-pyrrole nitrogens is 1. The fourth-order valence-corrected chi connectivity index (χ4v) is 0.833. The Morgan fingerprint density at radius 1 is 1.88 bits per heavy atom. The van der Waals surface area contributed by atoms with Gasteiger partial charge in [0.15, 0.2) is 0 Å². The van der Waals surface area contributed by atoms with E-state index in [2.05, 4.69) is 39.1 Å². The zero-order valence-corrected chi connectivity index (χ0v) is 6.34. The Morgan fingerprint density at radius 2 is 2.62 bits per heavy atom. The van der Waals surface area contributed by atoms with E-state index in [1.165, 1.54) is 0 Å². The smallest absolute Gasteiger partial charge is 0.130 e. The second-order valence-electron chi connectivity index (χ2n) is 1.31. The first-order valence-electron chi connectivity index (χ1n) is 2.16. The van der Waals surface area contributed by atoms with Crippen molar-refractivity contribution in [1.29, 1.82) is 0 Å². The molecule has 2 nitrogen and oxygen atoms in total. The summed E-state index contributed by atoms with van der Waals surface area (Å²) in [5.41, 5.74) is 0. The molecule has 0 saturated heterocycles. The number of rotatable bonds is 1. The van der Waals surface area contributed by atoms with E-state index < -0.39 is 0 Å². The lowest BCUT2D eigenvalue weighted by atomic mass is 10.6. The molecule has 0 saturated carbocycles. The van der Waals surface area contributed by atoms with Gasteiger partial charge in [-0.2, -0.15) is 0 Å². The molecular weight excluding hydrogens is 215 g/mol. The van der Waals surface area contributed by atoms with Crippen LogP contribution in [0.3, 0.4) is 0 Å². The molecule has 0 bridgehead atoms. The number of halogens is 1. The first-order valence-corrected chi connectivity index (χ1v) is 3.24. The third-order valence-corrected chi connectivity index (χ3v) is 1.31. The summed E-state index contributed by atoms with van der Waals surface area (Å²) >= 11 is 2.13. The van der Waals surface area contributed by atoms with Gasteiger partial charge in [0.25, 0.3) is 0 Å². The van der Waals surface area contributed by atoms with E-state index in [0.29, 0.717) is 0 Å². The number of nitrogens with one attached hydrogen (secondary N) is 1. The lowest BCUT2D eigenvalue weighted by Gasteiger charge is -1.74. The zero-order chi connectivity index (χ0) is 5.98. The molecule has 1 rings (SSSR count). The SMILES string of the molecule is C=Cc1nc(I)c[nH]1. The number of aromatic amines is 1. The molecule has 0 radical (unpaired) electrons. The van der Waals surface area contributed by atoms with Crippen molar-refractivity contribution in [3.63, 3.8) is 0 Å². The van der Waals surface area contributed by atoms with Crippen molar-refractivity contribution >= 4 is 28.7 Å². The van der Waals surface area contributed by atoms with E-state index in [0.717, 1.165) is 9.53 Å². The molecule has 0 aromatic carbocycles. The summed E-state index contributed by atoms with van der Waals surface area (Å²) in [6.07, 6.45) is 3.51. The first kappa shape index (κ1) is 5.81. The topological polar surface area (TPSA) is 28.7 Å². The monoisotopic (exact) mass is 220 g/mol. The largest absolute Gasteiger partial charge is 0.344 e. The van der Waals surface area contributed by atoms with Crippen molar-refractivity contribution in [3.05, 3.63) is 22.3 Å². The Hall–Kier alpha value is -0.320. The van der Waals surface area contributed by atoms with E-state index >= 15 is 0 Å². The van der Waals surface area contributed by atoms with E-state index in [-0.39, 0.29) is 0 Å². The third kappa shape index (κ3) is 1.09. The maximum Gasteiger partial charge on any atom is 0.130 e. The van der Waals surface area contributed by atoms with Gasteiger partial charge >= 0.3 is 0 Å². The molecule has 3 heteroatoms. The maximum atomic E-state index is 4.04. The minimum Gasteiger partial charge on any atom is -0.344 e. The predicted molar refractivity (Wildman–Crippen MR) is 41.4 cm³/mol. The third-order valence-electron chi connectivity index (χ3n) is 0.760. The van der Waals surface area contributed by atoms with Crippen molar-refractivity contribution < 1.29 is 0 Å². The lowest BCUT2D eigenvalue weighted by Crippen LogP contribution is -1.70. The highest BCUT2D eigenvalue weighted by molar-refractivity contribution is 14.1. The van der Waals surface area contributed by atoms with Crippen LogP contribution in [0.1, 0.15) is 5.82 Å². The normalized spacial score (nSPS) is 9.12. The van der Waals surface area contributed by atoms with Crippen molar-refractivity contribution in [1.82, 2.24) is 9.97 Å². The summed E-state index contributed by atoms with van der Waals surface area (Å²) in [7, 11) is 0. The highest BCUT2D eigenvalue weighted by atomic mass is 127. The molecule has 0 aliphatic carbocycles. The van der Waals surface area contributed by atoms with E-state index in [9.17, 15) is 0 Å². The highest BCUT2D eigenvalue weighted by Crippen LogP contribution is 1.99. The van der Waals surface area contributed by atoms with Crippen LogP contribution in [0.2, 0.25) is 0 Å². The van der Waals surface area contributed by atoms with Gasteiger partial charge in [-0.3, -0.25) is 0 Å². The van der Waals surface area contributed by atoms with E-state index in [1.54, 1.807) is 6.08 Å². The van der Waals surface area contributed by atoms with Crippen molar-refractivity contribution in [3.8, 4) is 0 Å². The van der Waals surface area contributed by atoms with Gasteiger partial charge in [-0.15, -0.1) is 0 Å². The van der Waals surface area contributed by atoms with Gasteiger partial charge in [0.05, 0.1) is 0 Å². The van der Waals surface area contributed by atoms with Gasteiger partial charge in [0, 0.05) is 6.20 Å². The quantitative estimate of drug-likeness (QED) is 0.716. The van der Waals surface area contributed by atoms with Crippen molar-refractivity contribution in [2.75, 3.05) is 0 Å². The van der Waals surface area contributed by atoms with Crippen LogP contribution in [0.15, 0.2) is 12.8 Å². The summed E-state index contributed by atoms with van der Waals surface area (Å²) in [4.78, 5) is 6.96. The molecule has 0 amide bonds. The number of aromatic nitrogens is 2. The summed E-state index contributed by atoms with van der Waals surface area (Å²) in [6, 6.07) is 0. The van der Waals surface area contributed by atoms with Crippen LogP contribution in [-0.2, 0) is 0 Å². The first-order chi connectivity index (χ1) is 3.83. The van der Waals surface area contributed by atoms with Crippen LogP contribution >= 0.6 is 22.6 Å². The molecular formula is C5H5IN2. The Balaban J connectivity index is 3.00. The Bertz CT molecular complexity index is 192. The average Bonchev–Trinajstić information content (AvgIpc) is 2.14. The van der Waals surface area contributed by atoms with Gasteiger partial charge < -0.3 is 4.98 Å². The Labute approximate surface area is 61.2 Å². The molecule has 0 fully saturated rings. The molecule has 8 heavy (non-hydrogen) atoms. The zero-order valence-electron chi connectivity index (χ0n) is 4.19. The number of hydrogen-bond acceptors (Lipinski definition) is 1. The fraction of sp³-hybridized carbons (Fsp3) is 0.